The number of methoxy groups -OCH3 is 1. The number of esters is 1. The second-order valence-electron chi connectivity index (χ2n) is 5.38. The van der Waals surface area contributed by atoms with Crippen LogP contribution in [0.15, 0.2) is 6.20 Å². The van der Waals surface area contributed by atoms with E-state index in [9.17, 15) is 9.59 Å². The van der Waals surface area contributed by atoms with E-state index in [-0.39, 0.29) is 39.4 Å². The fourth-order valence-electron chi connectivity index (χ4n) is 2.69. The molecule has 1 aliphatic rings. The highest BCUT2D eigenvalue weighted by Gasteiger charge is 2.33. The first kappa shape index (κ1) is 17.0. The van der Waals surface area contributed by atoms with Crippen molar-refractivity contribution in [2.75, 3.05) is 7.11 Å². The monoisotopic (exact) mass is 344 g/mol. The second kappa shape index (κ2) is 7.29. The minimum absolute atomic E-state index is 0.178. The highest BCUT2D eigenvalue weighted by molar-refractivity contribution is 6.44. The molecule has 0 aromatic carbocycles. The van der Waals surface area contributed by atoms with E-state index in [2.05, 4.69) is 10.3 Å². The number of carbonyl (C=O) groups is 2. The van der Waals surface area contributed by atoms with Crippen molar-refractivity contribution in [3.63, 3.8) is 0 Å². The first-order valence-electron chi connectivity index (χ1n) is 7.15. The van der Waals surface area contributed by atoms with Crippen molar-refractivity contribution in [1.82, 2.24) is 10.3 Å². The molecular formula is C15H18Cl2N2O3. The molecule has 1 aromatic heterocycles. The highest BCUT2D eigenvalue weighted by Crippen LogP contribution is 2.29. The Morgan fingerprint density at radius 2 is 1.95 bits per heavy atom. The summed E-state index contributed by atoms with van der Waals surface area (Å²) in [6.07, 6.45) is 4.74. The molecule has 1 heterocycles. The molecule has 2 atom stereocenters. The molecule has 0 unspecified atom stereocenters. The first-order chi connectivity index (χ1) is 10.5. The van der Waals surface area contributed by atoms with Crippen molar-refractivity contribution in [3.8, 4) is 0 Å². The molecule has 0 aliphatic heterocycles. The van der Waals surface area contributed by atoms with E-state index >= 15 is 0 Å². The number of aromatic nitrogens is 1. The Morgan fingerprint density at radius 1 is 1.27 bits per heavy atom. The summed E-state index contributed by atoms with van der Waals surface area (Å²) in [6, 6.07) is -0.259. The smallest absolute Gasteiger partial charge is 0.310 e. The van der Waals surface area contributed by atoms with Crippen molar-refractivity contribution in [3.05, 3.63) is 27.5 Å². The van der Waals surface area contributed by atoms with Crippen LogP contribution in [0.5, 0.6) is 0 Å². The molecule has 0 bridgehead atoms. The van der Waals surface area contributed by atoms with Crippen molar-refractivity contribution in [1.29, 1.82) is 0 Å². The number of halogens is 2. The minimum Gasteiger partial charge on any atom is -0.469 e. The normalized spacial score (nSPS) is 21.3. The molecule has 0 spiro atoms. The number of nitrogens with one attached hydrogen (secondary N) is 1. The van der Waals surface area contributed by atoms with Gasteiger partial charge in [0.25, 0.3) is 5.91 Å². The fraction of sp³-hybridized carbons (Fsp3) is 0.533. The van der Waals surface area contributed by atoms with Crippen molar-refractivity contribution in [2.24, 2.45) is 5.92 Å². The predicted octanol–water partition coefficient (Wildman–Crippen LogP) is 3.16. The first-order valence-corrected chi connectivity index (χ1v) is 7.90. The molecule has 1 aromatic rings. The summed E-state index contributed by atoms with van der Waals surface area (Å²) >= 11 is 12.1. The van der Waals surface area contributed by atoms with Crippen LogP contribution in [0.2, 0.25) is 10.0 Å². The second-order valence-corrected chi connectivity index (χ2v) is 6.14. The number of pyridine rings is 1. The lowest BCUT2D eigenvalue weighted by Crippen LogP contribution is -2.45. The summed E-state index contributed by atoms with van der Waals surface area (Å²) in [6.45, 7) is 1.71. The maximum absolute atomic E-state index is 12.4. The van der Waals surface area contributed by atoms with Crippen LogP contribution in [0.3, 0.4) is 0 Å². The van der Waals surface area contributed by atoms with Crippen LogP contribution < -0.4 is 5.32 Å². The number of amides is 1. The molecule has 1 fully saturated rings. The minimum atomic E-state index is -0.375. The lowest BCUT2D eigenvalue weighted by Gasteiger charge is -2.30. The SMILES string of the molecule is COC(=O)[C@H]1CCCC[C@@H]1NC(=O)c1cnc(C)c(Cl)c1Cl. The predicted molar refractivity (Wildman–Crippen MR) is 84.2 cm³/mol. The fourth-order valence-corrected chi connectivity index (χ4v) is 3.12. The van der Waals surface area contributed by atoms with Gasteiger partial charge in [-0.1, -0.05) is 36.0 Å². The Bertz CT molecular complexity index is 592. The number of aryl methyl sites for hydroxylation is 1. The summed E-state index contributed by atoms with van der Waals surface area (Å²) < 4.78 is 4.82. The maximum Gasteiger partial charge on any atom is 0.310 e. The Labute approximate surface area is 139 Å². The van der Waals surface area contributed by atoms with Gasteiger partial charge in [0.05, 0.1) is 34.3 Å². The largest absolute Gasteiger partial charge is 0.469 e. The number of rotatable bonds is 3. The van der Waals surface area contributed by atoms with Crippen LogP contribution in [-0.2, 0) is 9.53 Å². The van der Waals surface area contributed by atoms with Crippen LogP contribution in [0.4, 0.5) is 0 Å². The van der Waals surface area contributed by atoms with E-state index in [4.69, 9.17) is 27.9 Å². The van der Waals surface area contributed by atoms with Gasteiger partial charge < -0.3 is 10.1 Å². The average molecular weight is 345 g/mol. The summed E-state index contributed by atoms with van der Waals surface area (Å²) in [4.78, 5) is 28.3. The molecule has 120 valence electrons. The van der Waals surface area contributed by atoms with Gasteiger partial charge in [0, 0.05) is 12.2 Å². The van der Waals surface area contributed by atoms with Crippen molar-refractivity contribution < 1.29 is 14.3 Å². The van der Waals surface area contributed by atoms with E-state index in [1.807, 2.05) is 0 Å². The summed E-state index contributed by atoms with van der Waals surface area (Å²) in [5.74, 6) is -0.994. The van der Waals surface area contributed by atoms with Crippen LogP contribution >= 0.6 is 23.2 Å². The molecule has 1 aliphatic carbocycles. The third-order valence-electron chi connectivity index (χ3n) is 3.97. The van der Waals surface area contributed by atoms with Crippen LogP contribution in [0.1, 0.15) is 41.7 Å². The molecule has 0 saturated heterocycles. The summed E-state index contributed by atoms with van der Waals surface area (Å²) in [7, 11) is 1.36. The third kappa shape index (κ3) is 3.52. The summed E-state index contributed by atoms with van der Waals surface area (Å²) in [5.41, 5.74) is 0.778. The standard InChI is InChI=1S/C15H18Cl2N2O3/c1-8-12(16)13(17)10(7-18-8)14(20)19-11-6-4-3-5-9(11)15(21)22-2/h7,9,11H,3-6H2,1-2H3,(H,19,20)/t9-,11-/m0/s1. The Hall–Kier alpha value is -1.33. The van der Waals surface area contributed by atoms with Gasteiger partial charge in [-0.25, -0.2) is 0 Å². The van der Waals surface area contributed by atoms with Gasteiger partial charge in [0.15, 0.2) is 0 Å². The molecule has 7 heteroatoms. The van der Waals surface area contributed by atoms with Gasteiger partial charge in [0.1, 0.15) is 0 Å². The van der Waals surface area contributed by atoms with Gasteiger partial charge in [0.2, 0.25) is 0 Å². The molecule has 1 amide bonds. The van der Waals surface area contributed by atoms with Crippen molar-refractivity contribution in [2.45, 2.75) is 38.6 Å². The Kier molecular flexibility index (Phi) is 5.64. The zero-order chi connectivity index (χ0) is 16.3. The Balaban J connectivity index is 2.17. The molecule has 5 nitrogen and oxygen atoms in total. The van der Waals surface area contributed by atoms with E-state index < -0.39 is 0 Å². The summed E-state index contributed by atoms with van der Waals surface area (Å²) in [5, 5.41) is 3.31. The van der Waals surface area contributed by atoms with Gasteiger partial charge in [-0.15, -0.1) is 0 Å². The van der Waals surface area contributed by atoms with E-state index in [0.29, 0.717) is 12.1 Å². The molecular weight excluding hydrogens is 327 g/mol. The van der Waals surface area contributed by atoms with Gasteiger partial charge in [-0.2, -0.15) is 0 Å². The molecule has 1 saturated carbocycles. The number of hydrogen-bond acceptors (Lipinski definition) is 4. The van der Waals surface area contributed by atoms with Crippen molar-refractivity contribution >= 4 is 35.1 Å². The topological polar surface area (TPSA) is 68.3 Å². The number of nitrogens with zero attached hydrogens (tertiary/aromatic N) is 1. The Morgan fingerprint density at radius 3 is 2.64 bits per heavy atom. The lowest BCUT2D eigenvalue weighted by atomic mass is 9.84. The van der Waals surface area contributed by atoms with Crippen LogP contribution in [0.25, 0.3) is 0 Å². The van der Waals surface area contributed by atoms with E-state index in [1.165, 1.54) is 13.3 Å². The van der Waals surface area contributed by atoms with Crippen LogP contribution in [0, 0.1) is 12.8 Å². The number of carbonyl (C=O) groups excluding carboxylic acids is 2. The number of ether oxygens (including phenoxy) is 1. The lowest BCUT2D eigenvalue weighted by molar-refractivity contribution is -0.147. The van der Waals surface area contributed by atoms with Gasteiger partial charge in [-0.05, 0) is 19.8 Å². The quantitative estimate of drug-likeness (QED) is 0.855. The number of hydrogen-bond donors (Lipinski definition) is 1. The molecule has 1 N–H and O–H groups in total. The zero-order valence-corrected chi connectivity index (χ0v) is 14.0. The van der Waals surface area contributed by atoms with Gasteiger partial charge >= 0.3 is 5.97 Å². The van der Waals surface area contributed by atoms with E-state index in [0.717, 1.165) is 19.3 Å². The maximum atomic E-state index is 12.4. The van der Waals surface area contributed by atoms with E-state index in [1.54, 1.807) is 6.92 Å². The zero-order valence-electron chi connectivity index (χ0n) is 12.5. The van der Waals surface area contributed by atoms with Gasteiger partial charge in [-0.3, -0.25) is 14.6 Å². The third-order valence-corrected chi connectivity index (χ3v) is 4.92. The molecule has 22 heavy (non-hydrogen) atoms. The average Bonchev–Trinajstić information content (AvgIpc) is 2.52. The molecule has 0 radical (unpaired) electrons. The van der Waals surface area contributed by atoms with Crippen LogP contribution in [-0.4, -0.2) is 30.0 Å². The molecule has 2 rings (SSSR count). The highest BCUT2D eigenvalue weighted by atomic mass is 35.5.